The highest BCUT2D eigenvalue weighted by Gasteiger charge is 2.04. The number of carbonyl (C=O) groups excluding carboxylic acids is 1. The van der Waals surface area contributed by atoms with Crippen molar-refractivity contribution in [2.45, 2.75) is 6.42 Å². The largest absolute Gasteiger partial charge is 0.343 e. The summed E-state index contributed by atoms with van der Waals surface area (Å²) in [6.45, 7) is 0.0748. The highest BCUT2D eigenvalue weighted by atomic mass is 79.9. The fourth-order valence-corrected chi connectivity index (χ4v) is 2.29. The van der Waals surface area contributed by atoms with Crippen LogP contribution in [0.4, 0.5) is 0 Å². The van der Waals surface area contributed by atoms with Crippen molar-refractivity contribution in [3.05, 3.63) is 20.8 Å². The van der Waals surface area contributed by atoms with Gasteiger partial charge in [-0.25, -0.2) is 0 Å². The van der Waals surface area contributed by atoms with Crippen LogP contribution in [0.15, 0.2) is 15.9 Å². The normalized spacial score (nSPS) is 9.23. The lowest BCUT2D eigenvalue weighted by Crippen LogP contribution is -2.24. The van der Waals surface area contributed by atoms with Crippen molar-refractivity contribution >= 4 is 33.2 Å². The van der Waals surface area contributed by atoms with Gasteiger partial charge in [0.2, 0.25) is 5.91 Å². The van der Waals surface area contributed by atoms with Crippen molar-refractivity contribution < 1.29 is 4.79 Å². The second kappa shape index (κ2) is 5.00. The molecule has 1 aromatic heterocycles. The van der Waals surface area contributed by atoms with Crippen LogP contribution in [0, 0.1) is 11.3 Å². The van der Waals surface area contributed by atoms with Crippen LogP contribution >= 0.6 is 27.3 Å². The van der Waals surface area contributed by atoms with Crippen LogP contribution in [0.5, 0.6) is 0 Å². The van der Waals surface area contributed by atoms with Crippen LogP contribution in [0.25, 0.3) is 0 Å². The first-order valence-electron chi connectivity index (χ1n) is 3.60. The lowest BCUT2D eigenvalue weighted by atomic mass is 10.3. The lowest BCUT2D eigenvalue weighted by molar-refractivity contribution is -0.120. The van der Waals surface area contributed by atoms with Crippen LogP contribution < -0.4 is 5.32 Å². The molecule has 1 rings (SSSR count). The molecule has 0 aliphatic rings. The van der Waals surface area contributed by atoms with E-state index in [1.807, 2.05) is 18.2 Å². The quantitative estimate of drug-likeness (QED) is 0.840. The third-order valence-corrected chi connectivity index (χ3v) is 2.95. The van der Waals surface area contributed by atoms with Gasteiger partial charge in [-0.1, -0.05) is 0 Å². The van der Waals surface area contributed by atoms with Crippen molar-refractivity contribution in [3.8, 4) is 6.07 Å². The third-order valence-electron chi connectivity index (χ3n) is 1.33. The molecule has 0 spiro atoms. The number of nitrogens with one attached hydrogen (secondary N) is 1. The van der Waals surface area contributed by atoms with Gasteiger partial charge in [-0.05, 0) is 28.1 Å². The first kappa shape index (κ1) is 10.2. The van der Waals surface area contributed by atoms with Gasteiger partial charge in [0.1, 0.15) is 6.54 Å². The summed E-state index contributed by atoms with van der Waals surface area (Å²) < 4.78 is 1.01. The molecule has 3 nitrogen and oxygen atoms in total. The number of hydrogen-bond acceptors (Lipinski definition) is 3. The zero-order valence-corrected chi connectivity index (χ0v) is 9.11. The van der Waals surface area contributed by atoms with E-state index in [-0.39, 0.29) is 12.5 Å². The van der Waals surface area contributed by atoms with E-state index in [0.717, 1.165) is 8.66 Å². The van der Waals surface area contributed by atoms with Gasteiger partial charge in [-0.2, -0.15) is 5.26 Å². The summed E-state index contributed by atoms with van der Waals surface area (Å²) in [6, 6.07) is 5.64. The molecule has 0 bridgehead atoms. The number of nitrogens with zero attached hydrogens (tertiary/aromatic N) is 1. The average Bonchev–Trinajstić information content (AvgIpc) is 2.48. The molecule has 0 atom stereocenters. The Kier molecular flexibility index (Phi) is 3.93. The minimum atomic E-state index is -0.115. The van der Waals surface area contributed by atoms with Gasteiger partial charge in [0.05, 0.1) is 16.3 Å². The summed E-state index contributed by atoms with van der Waals surface area (Å²) in [5.74, 6) is -0.115. The van der Waals surface area contributed by atoms with Crippen molar-refractivity contribution in [2.75, 3.05) is 6.54 Å². The highest BCUT2D eigenvalue weighted by Crippen LogP contribution is 2.22. The molecule has 0 aliphatic carbocycles. The summed E-state index contributed by atoms with van der Waals surface area (Å²) in [7, 11) is 0. The van der Waals surface area contributed by atoms with Crippen molar-refractivity contribution in [1.82, 2.24) is 5.32 Å². The van der Waals surface area contributed by atoms with Crippen LogP contribution in [0.1, 0.15) is 4.88 Å². The Bertz CT molecular complexity index is 342. The second-order valence-corrected chi connectivity index (χ2v) is 4.87. The Morgan fingerprint density at radius 1 is 1.69 bits per heavy atom. The average molecular weight is 259 g/mol. The van der Waals surface area contributed by atoms with Gasteiger partial charge >= 0.3 is 0 Å². The summed E-state index contributed by atoms with van der Waals surface area (Å²) >= 11 is 4.83. The summed E-state index contributed by atoms with van der Waals surface area (Å²) in [4.78, 5) is 12.1. The van der Waals surface area contributed by atoms with Crippen molar-refractivity contribution in [1.29, 1.82) is 5.26 Å². The Morgan fingerprint density at radius 2 is 2.46 bits per heavy atom. The molecular formula is C8H7BrN2OS. The van der Waals surface area contributed by atoms with E-state index in [4.69, 9.17) is 5.26 Å². The van der Waals surface area contributed by atoms with Crippen LogP contribution in [0.3, 0.4) is 0 Å². The zero-order chi connectivity index (χ0) is 9.68. The van der Waals surface area contributed by atoms with E-state index in [0.29, 0.717) is 6.42 Å². The lowest BCUT2D eigenvalue weighted by Gasteiger charge is -1.96. The molecule has 1 amide bonds. The first-order valence-corrected chi connectivity index (χ1v) is 5.21. The number of amides is 1. The fraction of sp³-hybridized carbons (Fsp3) is 0.250. The minimum Gasteiger partial charge on any atom is -0.343 e. The van der Waals surface area contributed by atoms with E-state index in [2.05, 4.69) is 21.2 Å². The van der Waals surface area contributed by atoms with Crippen molar-refractivity contribution in [2.24, 2.45) is 0 Å². The fourth-order valence-electron chi connectivity index (χ4n) is 0.806. The Balaban J connectivity index is 2.41. The molecule has 68 valence electrons. The molecule has 0 aromatic carbocycles. The Labute approximate surface area is 88.5 Å². The number of carbonyl (C=O) groups is 1. The zero-order valence-electron chi connectivity index (χ0n) is 6.71. The van der Waals surface area contributed by atoms with Gasteiger partial charge in [0.15, 0.2) is 0 Å². The smallest absolute Gasteiger partial charge is 0.226 e. The summed E-state index contributed by atoms with van der Waals surface area (Å²) in [5.41, 5.74) is 0. The molecule has 5 heteroatoms. The van der Waals surface area contributed by atoms with E-state index in [1.165, 1.54) is 11.3 Å². The SMILES string of the molecule is N#CCNC(=O)Cc1ccc(Br)s1. The van der Waals surface area contributed by atoms with Gasteiger partial charge in [0.25, 0.3) is 0 Å². The second-order valence-electron chi connectivity index (χ2n) is 2.32. The molecule has 0 radical (unpaired) electrons. The van der Waals surface area contributed by atoms with Crippen LogP contribution in [-0.2, 0) is 11.2 Å². The third kappa shape index (κ3) is 3.57. The molecule has 0 saturated heterocycles. The topological polar surface area (TPSA) is 52.9 Å². The maximum Gasteiger partial charge on any atom is 0.226 e. The molecular weight excluding hydrogens is 252 g/mol. The maximum atomic E-state index is 11.1. The Morgan fingerprint density at radius 3 is 3.00 bits per heavy atom. The van der Waals surface area contributed by atoms with Crippen molar-refractivity contribution in [3.63, 3.8) is 0 Å². The van der Waals surface area contributed by atoms with Crippen LogP contribution in [0.2, 0.25) is 0 Å². The van der Waals surface area contributed by atoms with E-state index in [1.54, 1.807) is 0 Å². The van der Waals surface area contributed by atoms with Gasteiger partial charge < -0.3 is 5.32 Å². The van der Waals surface area contributed by atoms with Gasteiger partial charge in [-0.15, -0.1) is 11.3 Å². The predicted octanol–water partition coefficient (Wildman–Crippen LogP) is 1.69. The predicted molar refractivity (Wildman–Crippen MR) is 54.3 cm³/mol. The van der Waals surface area contributed by atoms with Gasteiger partial charge in [-0.3, -0.25) is 4.79 Å². The molecule has 1 heterocycles. The molecule has 0 unspecified atom stereocenters. The maximum absolute atomic E-state index is 11.1. The molecule has 1 aromatic rings. The molecule has 0 saturated carbocycles. The summed E-state index contributed by atoms with van der Waals surface area (Å²) in [6.07, 6.45) is 0.345. The molecule has 1 N–H and O–H groups in total. The number of hydrogen-bond donors (Lipinski definition) is 1. The Hall–Kier alpha value is -0.860. The number of halogens is 1. The molecule has 0 aliphatic heterocycles. The first-order chi connectivity index (χ1) is 6.22. The summed E-state index contributed by atoms with van der Waals surface area (Å²) in [5, 5.41) is 10.7. The van der Waals surface area contributed by atoms with Crippen LogP contribution in [-0.4, -0.2) is 12.5 Å². The molecule has 0 fully saturated rings. The number of thiophene rings is 1. The van der Waals surface area contributed by atoms with Gasteiger partial charge in [0, 0.05) is 4.88 Å². The van der Waals surface area contributed by atoms with E-state index < -0.39 is 0 Å². The minimum absolute atomic E-state index is 0.0748. The monoisotopic (exact) mass is 258 g/mol. The van der Waals surface area contributed by atoms with E-state index >= 15 is 0 Å². The standard InChI is InChI=1S/C8H7BrN2OS/c9-7-2-1-6(13-7)5-8(12)11-4-3-10/h1-2H,4-5H2,(H,11,12). The van der Waals surface area contributed by atoms with E-state index in [9.17, 15) is 4.79 Å². The number of nitriles is 1. The molecule has 13 heavy (non-hydrogen) atoms. The number of rotatable bonds is 3. The highest BCUT2D eigenvalue weighted by molar-refractivity contribution is 9.11.